The number of hydrogen-bond donors (Lipinski definition) is 1. The van der Waals surface area contributed by atoms with Gasteiger partial charge < -0.3 is 9.88 Å². The minimum Gasteiger partial charge on any atom is -0.373 e. The summed E-state index contributed by atoms with van der Waals surface area (Å²) in [7, 11) is 1.90. The van der Waals surface area contributed by atoms with Crippen LogP contribution in [0.2, 0.25) is 0 Å². The van der Waals surface area contributed by atoms with E-state index in [2.05, 4.69) is 55.8 Å². The third-order valence-electron chi connectivity index (χ3n) is 4.47. The Morgan fingerprint density at radius 1 is 1.35 bits per heavy atom. The van der Waals surface area contributed by atoms with Gasteiger partial charge in [-0.25, -0.2) is 15.0 Å². The number of aromatic nitrogens is 4. The molecule has 23 heavy (non-hydrogen) atoms. The molecule has 3 rings (SSSR count). The highest BCUT2D eigenvalue weighted by atomic mass is 15.2. The van der Waals surface area contributed by atoms with E-state index >= 15 is 0 Å². The molecule has 0 spiro atoms. The Bertz CT molecular complexity index is 663. The molecule has 0 radical (unpaired) electrons. The first kappa shape index (κ1) is 15.9. The fourth-order valence-electron chi connectivity index (χ4n) is 3.36. The van der Waals surface area contributed by atoms with Gasteiger partial charge in [-0.15, -0.1) is 0 Å². The zero-order valence-corrected chi connectivity index (χ0v) is 14.5. The summed E-state index contributed by atoms with van der Waals surface area (Å²) in [4.78, 5) is 16.1. The van der Waals surface area contributed by atoms with Gasteiger partial charge in [0, 0.05) is 31.5 Å². The highest BCUT2D eigenvalue weighted by molar-refractivity contribution is 5.36. The topological polar surface area (TPSA) is 58.9 Å². The average Bonchev–Trinajstić information content (AvgIpc) is 3.16. The Labute approximate surface area is 138 Å². The van der Waals surface area contributed by atoms with Crippen LogP contribution in [0.5, 0.6) is 0 Å². The number of likely N-dealkylation sites (tertiary alicyclic amines) is 1. The third kappa shape index (κ3) is 3.37. The number of nitrogens with one attached hydrogen (secondary N) is 1. The molecule has 2 aromatic rings. The maximum atomic E-state index is 4.68. The Kier molecular flexibility index (Phi) is 4.61. The summed E-state index contributed by atoms with van der Waals surface area (Å²) in [6, 6.07) is 2.86. The molecule has 6 heteroatoms. The number of imidazole rings is 1. The largest absolute Gasteiger partial charge is 0.373 e. The SMILES string of the molecule is CNc1cc([C@H]2CCCN2Cc2nccn2C(C)C)nc(C)n1. The van der Waals surface area contributed by atoms with Crippen LogP contribution < -0.4 is 5.32 Å². The third-order valence-corrected chi connectivity index (χ3v) is 4.47. The van der Waals surface area contributed by atoms with E-state index in [4.69, 9.17) is 0 Å². The first-order valence-electron chi connectivity index (χ1n) is 8.37. The molecule has 3 heterocycles. The van der Waals surface area contributed by atoms with Crippen LogP contribution in [0, 0.1) is 6.92 Å². The second kappa shape index (κ2) is 6.66. The fraction of sp³-hybridized carbons (Fsp3) is 0.588. The predicted octanol–water partition coefficient (Wildman–Crippen LogP) is 2.94. The molecule has 0 aliphatic carbocycles. The molecule has 0 amide bonds. The zero-order chi connectivity index (χ0) is 16.4. The van der Waals surface area contributed by atoms with E-state index in [-0.39, 0.29) is 0 Å². The van der Waals surface area contributed by atoms with E-state index in [1.807, 2.05) is 20.2 Å². The Morgan fingerprint density at radius 3 is 2.91 bits per heavy atom. The molecule has 1 atom stereocenters. The molecule has 2 aromatic heterocycles. The average molecular weight is 314 g/mol. The lowest BCUT2D eigenvalue weighted by Gasteiger charge is -2.25. The number of hydrogen-bond acceptors (Lipinski definition) is 5. The normalized spacial score (nSPS) is 18.7. The monoisotopic (exact) mass is 314 g/mol. The number of anilines is 1. The van der Waals surface area contributed by atoms with Crippen molar-refractivity contribution in [3.05, 3.63) is 35.8 Å². The molecule has 0 aromatic carbocycles. The second-order valence-electron chi connectivity index (χ2n) is 6.45. The van der Waals surface area contributed by atoms with Gasteiger partial charge in [-0.05, 0) is 40.2 Å². The molecule has 1 saturated heterocycles. The van der Waals surface area contributed by atoms with E-state index in [0.29, 0.717) is 12.1 Å². The van der Waals surface area contributed by atoms with Crippen LogP contribution in [0.25, 0.3) is 0 Å². The van der Waals surface area contributed by atoms with Crippen molar-refractivity contribution >= 4 is 5.82 Å². The minimum absolute atomic E-state index is 0.348. The van der Waals surface area contributed by atoms with Crippen molar-refractivity contribution in [3.8, 4) is 0 Å². The van der Waals surface area contributed by atoms with Crippen molar-refractivity contribution in [2.45, 2.75) is 52.2 Å². The van der Waals surface area contributed by atoms with Crippen molar-refractivity contribution in [3.63, 3.8) is 0 Å². The van der Waals surface area contributed by atoms with Crippen LogP contribution in [0.1, 0.15) is 56.1 Å². The van der Waals surface area contributed by atoms with Crippen LogP contribution in [0.15, 0.2) is 18.5 Å². The Balaban J connectivity index is 1.83. The van der Waals surface area contributed by atoms with Gasteiger partial charge in [-0.2, -0.15) is 0 Å². The van der Waals surface area contributed by atoms with E-state index < -0.39 is 0 Å². The predicted molar refractivity (Wildman–Crippen MR) is 91.3 cm³/mol. The Hall–Kier alpha value is -1.95. The van der Waals surface area contributed by atoms with Crippen LogP contribution in [0.3, 0.4) is 0 Å². The first-order valence-corrected chi connectivity index (χ1v) is 8.37. The standard InChI is InChI=1S/C17H26N6/c1-12(2)23-9-7-19-17(23)11-22-8-5-6-15(22)14-10-16(18-4)21-13(3)20-14/h7,9-10,12,15H,5-6,8,11H2,1-4H3,(H,18,20,21)/t15-/m1/s1. The van der Waals surface area contributed by atoms with Gasteiger partial charge >= 0.3 is 0 Å². The molecule has 1 aliphatic rings. The molecule has 0 bridgehead atoms. The van der Waals surface area contributed by atoms with Crippen LogP contribution in [-0.2, 0) is 6.54 Å². The van der Waals surface area contributed by atoms with Gasteiger partial charge in [0.1, 0.15) is 17.5 Å². The summed E-state index contributed by atoms with van der Waals surface area (Å²) in [5.41, 5.74) is 1.11. The molecular weight excluding hydrogens is 288 g/mol. The van der Waals surface area contributed by atoms with E-state index in [9.17, 15) is 0 Å². The van der Waals surface area contributed by atoms with Gasteiger partial charge in [0.15, 0.2) is 0 Å². The van der Waals surface area contributed by atoms with Crippen molar-refractivity contribution < 1.29 is 0 Å². The quantitative estimate of drug-likeness (QED) is 0.919. The van der Waals surface area contributed by atoms with E-state index in [1.54, 1.807) is 0 Å². The summed E-state index contributed by atoms with van der Waals surface area (Å²) >= 11 is 0. The number of rotatable bonds is 5. The molecule has 1 fully saturated rings. The molecule has 0 unspecified atom stereocenters. The summed E-state index contributed by atoms with van der Waals surface area (Å²) < 4.78 is 2.25. The summed E-state index contributed by atoms with van der Waals surface area (Å²) in [5.74, 6) is 2.84. The van der Waals surface area contributed by atoms with Crippen LogP contribution >= 0.6 is 0 Å². The molecular formula is C17H26N6. The smallest absolute Gasteiger partial charge is 0.129 e. The van der Waals surface area contributed by atoms with E-state index in [1.165, 1.54) is 6.42 Å². The lowest BCUT2D eigenvalue weighted by atomic mass is 10.1. The molecule has 1 N–H and O–H groups in total. The molecule has 0 saturated carbocycles. The first-order chi connectivity index (χ1) is 11.1. The maximum absolute atomic E-state index is 4.68. The zero-order valence-electron chi connectivity index (χ0n) is 14.5. The summed E-state index contributed by atoms with van der Waals surface area (Å²) in [6.07, 6.45) is 6.31. The minimum atomic E-state index is 0.348. The second-order valence-corrected chi connectivity index (χ2v) is 6.45. The van der Waals surface area contributed by atoms with Crippen molar-refractivity contribution in [1.82, 2.24) is 24.4 Å². The van der Waals surface area contributed by atoms with Crippen molar-refractivity contribution in [1.29, 1.82) is 0 Å². The van der Waals surface area contributed by atoms with Crippen LogP contribution in [-0.4, -0.2) is 38.0 Å². The molecule has 1 aliphatic heterocycles. The maximum Gasteiger partial charge on any atom is 0.129 e. The van der Waals surface area contributed by atoms with Gasteiger partial charge in [-0.1, -0.05) is 0 Å². The Morgan fingerprint density at radius 2 is 2.17 bits per heavy atom. The lowest BCUT2D eigenvalue weighted by Crippen LogP contribution is -2.26. The fourth-order valence-corrected chi connectivity index (χ4v) is 3.36. The van der Waals surface area contributed by atoms with E-state index in [0.717, 1.165) is 42.7 Å². The van der Waals surface area contributed by atoms with Crippen molar-refractivity contribution in [2.75, 3.05) is 18.9 Å². The summed E-state index contributed by atoms with van der Waals surface area (Å²) in [6.45, 7) is 8.30. The number of nitrogens with zero attached hydrogens (tertiary/aromatic N) is 5. The summed E-state index contributed by atoms with van der Waals surface area (Å²) in [5, 5.41) is 3.13. The van der Waals surface area contributed by atoms with Gasteiger partial charge in [0.05, 0.1) is 18.3 Å². The van der Waals surface area contributed by atoms with Crippen molar-refractivity contribution in [2.24, 2.45) is 0 Å². The lowest BCUT2D eigenvalue weighted by molar-refractivity contribution is 0.233. The van der Waals surface area contributed by atoms with Gasteiger partial charge in [0.2, 0.25) is 0 Å². The van der Waals surface area contributed by atoms with Gasteiger partial charge in [0.25, 0.3) is 0 Å². The van der Waals surface area contributed by atoms with Gasteiger partial charge in [-0.3, -0.25) is 4.90 Å². The van der Waals surface area contributed by atoms with Crippen LogP contribution in [0.4, 0.5) is 5.82 Å². The number of aryl methyl sites for hydroxylation is 1. The molecule has 124 valence electrons. The highest BCUT2D eigenvalue weighted by Crippen LogP contribution is 2.33. The molecule has 6 nitrogen and oxygen atoms in total. The highest BCUT2D eigenvalue weighted by Gasteiger charge is 2.28.